The quantitative estimate of drug-likeness (QED) is 0.582. The number of nitrogens with zero attached hydrogens (tertiary/aromatic N) is 1. The molecule has 1 aliphatic rings. The lowest BCUT2D eigenvalue weighted by molar-refractivity contribution is -0.137. The van der Waals surface area contributed by atoms with Gasteiger partial charge in [0.2, 0.25) is 10.0 Å². The van der Waals surface area contributed by atoms with E-state index in [1.54, 1.807) is 0 Å². The van der Waals surface area contributed by atoms with E-state index in [-0.39, 0.29) is 29.7 Å². The Bertz CT molecular complexity index is 1400. The predicted molar refractivity (Wildman–Crippen MR) is 115 cm³/mol. The molecule has 1 amide bonds. The third-order valence-corrected chi connectivity index (χ3v) is 5.80. The van der Waals surface area contributed by atoms with Crippen molar-refractivity contribution < 1.29 is 31.1 Å². The monoisotopic (exact) mass is 481 g/mol. The number of amides is 1. The number of carbonyl (C=O) groups is 1. The highest BCUT2D eigenvalue weighted by Gasteiger charge is 2.34. The van der Waals surface area contributed by atoms with Crippen molar-refractivity contribution in [2.75, 3.05) is 24.2 Å². The number of alkyl halides is 3. The number of benzene rings is 2. The van der Waals surface area contributed by atoms with E-state index in [0.29, 0.717) is 11.1 Å². The van der Waals surface area contributed by atoms with E-state index >= 15 is 0 Å². The number of cyclic esters (lactones) is 1. The summed E-state index contributed by atoms with van der Waals surface area (Å²) in [6.45, 7) is -0.0426. The predicted octanol–water partition coefficient (Wildman–Crippen LogP) is 3.09. The number of H-pyrrole nitrogens is 1. The Kier molecular flexibility index (Phi) is 5.66. The van der Waals surface area contributed by atoms with Gasteiger partial charge in [-0.25, -0.2) is 17.9 Å². The van der Waals surface area contributed by atoms with Crippen molar-refractivity contribution in [3.63, 3.8) is 0 Å². The first-order chi connectivity index (χ1) is 15.4. The highest BCUT2D eigenvalue weighted by molar-refractivity contribution is 7.88. The number of sulfonamides is 1. The fourth-order valence-electron chi connectivity index (χ4n) is 3.61. The lowest BCUT2D eigenvalue weighted by atomic mass is 10.0. The van der Waals surface area contributed by atoms with Gasteiger partial charge < -0.3 is 9.72 Å². The molecule has 33 heavy (non-hydrogen) atoms. The molecular weight excluding hydrogens is 463 g/mol. The zero-order chi connectivity index (χ0) is 24.0. The molecule has 0 bridgehead atoms. The number of halogens is 3. The number of carbonyl (C=O) groups excluding carboxylic acids is 1. The molecule has 2 aromatic carbocycles. The molecule has 0 unspecified atom stereocenters. The minimum Gasteiger partial charge on any atom is -0.443 e. The van der Waals surface area contributed by atoms with E-state index < -0.39 is 39.5 Å². The number of hydrogen-bond acceptors (Lipinski definition) is 5. The Morgan fingerprint density at radius 1 is 1.15 bits per heavy atom. The maximum atomic E-state index is 13.4. The van der Waals surface area contributed by atoms with Gasteiger partial charge in [0.25, 0.3) is 5.56 Å². The molecule has 1 atom stereocenters. The molecule has 1 aromatic heterocycles. The molecule has 2 N–H and O–H groups in total. The van der Waals surface area contributed by atoms with Crippen LogP contribution >= 0.6 is 0 Å². The summed E-state index contributed by atoms with van der Waals surface area (Å²) in [5.74, 6) is 0. The number of aromatic nitrogens is 1. The van der Waals surface area contributed by atoms with Crippen LogP contribution in [0.15, 0.2) is 53.3 Å². The highest BCUT2D eigenvalue weighted by atomic mass is 32.2. The Labute approximate surface area is 186 Å². The molecule has 1 fully saturated rings. The second-order valence-electron chi connectivity index (χ2n) is 7.56. The SMILES string of the molecule is CS(=O)(=O)NC[C@H]1CN(c2ccc3cc(-c4ccccc4C(F)(F)F)[nH]c(=O)c3c2)C(=O)O1. The van der Waals surface area contributed by atoms with Gasteiger partial charge in [0.05, 0.1) is 18.4 Å². The first kappa shape index (κ1) is 22.8. The summed E-state index contributed by atoms with van der Waals surface area (Å²) in [5, 5.41) is 0.559. The van der Waals surface area contributed by atoms with Gasteiger partial charge >= 0.3 is 12.3 Å². The minimum absolute atomic E-state index is 0.0145. The number of rotatable bonds is 5. The molecule has 1 aliphatic heterocycles. The summed E-state index contributed by atoms with van der Waals surface area (Å²) in [4.78, 5) is 28.7. The van der Waals surface area contributed by atoms with Crippen LogP contribution in [-0.2, 0) is 20.9 Å². The van der Waals surface area contributed by atoms with E-state index in [1.807, 2.05) is 0 Å². The van der Waals surface area contributed by atoms with E-state index in [4.69, 9.17) is 4.74 Å². The molecular formula is C21H18F3N3O5S. The van der Waals surface area contributed by atoms with Crippen molar-refractivity contribution in [2.45, 2.75) is 12.3 Å². The van der Waals surface area contributed by atoms with Gasteiger partial charge in [-0.05, 0) is 29.7 Å². The Hall–Kier alpha value is -3.38. The maximum Gasteiger partial charge on any atom is 0.417 e. The number of pyridine rings is 1. The second-order valence-corrected chi connectivity index (χ2v) is 9.40. The Morgan fingerprint density at radius 2 is 1.88 bits per heavy atom. The second kappa shape index (κ2) is 8.19. The average molecular weight is 481 g/mol. The zero-order valence-electron chi connectivity index (χ0n) is 17.1. The number of ether oxygens (including phenoxy) is 1. The molecule has 12 heteroatoms. The van der Waals surface area contributed by atoms with Gasteiger partial charge in [0, 0.05) is 28.9 Å². The summed E-state index contributed by atoms with van der Waals surface area (Å²) in [6.07, 6.45) is -5.03. The van der Waals surface area contributed by atoms with Gasteiger partial charge in [0.15, 0.2) is 0 Å². The summed E-state index contributed by atoms with van der Waals surface area (Å²) in [7, 11) is -3.46. The van der Waals surface area contributed by atoms with Gasteiger partial charge in [-0.1, -0.05) is 24.3 Å². The number of hydrogen-bond donors (Lipinski definition) is 2. The minimum atomic E-state index is -4.59. The van der Waals surface area contributed by atoms with E-state index in [9.17, 15) is 31.2 Å². The lowest BCUT2D eigenvalue weighted by Gasteiger charge is -2.15. The maximum absolute atomic E-state index is 13.4. The molecule has 0 spiro atoms. The van der Waals surface area contributed by atoms with E-state index in [1.165, 1.54) is 47.4 Å². The van der Waals surface area contributed by atoms with Gasteiger partial charge in [-0.3, -0.25) is 9.69 Å². The van der Waals surface area contributed by atoms with Crippen LogP contribution in [0.2, 0.25) is 0 Å². The Morgan fingerprint density at radius 3 is 2.58 bits per heavy atom. The van der Waals surface area contributed by atoms with Gasteiger partial charge in [0.1, 0.15) is 6.10 Å². The highest BCUT2D eigenvalue weighted by Crippen LogP contribution is 2.36. The van der Waals surface area contributed by atoms with Crippen molar-refractivity contribution in [2.24, 2.45) is 0 Å². The van der Waals surface area contributed by atoms with Crippen LogP contribution in [0.25, 0.3) is 22.0 Å². The van der Waals surface area contributed by atoms with Crippen LogP contribution < -0.4 is 15.2 Å². The third-order valence-electron chi connectivity index (χ3n) is 5.11. The number of aromatic amines is 1. The van der Waals surface area contributed by atoms with Gasteiger partial charge in [-0.2, -0.15) is 13.2 Å². The van der Waals surface area contributed by atoms with Crippen LogP contribution in [0.1, 0.15) is 5.56 Å². The van der Waals surface area contributed by atoms with Crippen molar-refractivity contribution in [1.29, 1.82) is 0 Å². The number of nitrogens with one attached hydrogen (secondary N) is 2. The van der Waals surface area contributed by atoms with Crippen LogP contribution in [-0.4, -0.2) is 44.9 Å². The summed E-state index contributed by atoms with van der Waals surface area (Å²) in [5.41, 5.74) is -1.30. The van der Waals surface area contributed by atoms with Crippen LogP contribution in [0.3, 0.4) is 0 Å². The smallest absolute Gasteiger partial charge is 0.417 e. The molecule has 0 aliphatic carbocycles. The molecule has 1 saturated heterocycles. The van der Waals surface area contributed by atoms with Crippen molar-refractivity contribution in [3.8, 4) is 11.3 Å². The average Bonchev–Trinajstić information content (AvgIpc) is 3.11. The topological polar surface area (TPSA) is 109 Å². The van der Waals surface area contributed by atoms with Crippen molar-refractivity contribution in [3.05, 3.63) is 64.4 Å². The zero-order valence-corrected chi connectivity index (χ0v) is 18.0. The largest absolute Gasteiger partial charge is 0.443 e. The Balaban J connectivity index is 1.67. The van der Waals surface area contributed by atoms with Crippen LogP contribution in [0.4, 0.5) is 23.7 Å². The van der Waals surface area contributed by atoms with E-state index in [0.717, 1.165) is 12.3 Å². The number of anilines is 1. The molecule has 3 aromatic rings. The first-order valence-corrected chi connectivity index (χ1v) is 11.6. The molecule has 0 radical (unpaired) electrons. The van der Waals surface area contributed by atoms with E-state index in [2.05, 4.69) is 9.71 Å². The third kappa shape index (κ3) is 4.86. The fraction of sp³-hybridized carbons (Fsp3) is 0.238. The normalized spacial score (nSPS) is 16.9. The summed E-state index contributed by atoms with van der Waals surface area (Å²) in [6, 6.07) is 10.9. The molecule has 2 heterocycles. The van der Waals surface area contributed by atoms with Crippen LogP contribution in [0, 0.1) is 0 Å². The molecule has 0 saturated carbocycles. The van der Waals surface area contributed by atoms with Gasteiger partial charge in [-0.15, -0.1) is 0 Å². The lowest BCUT2D eigenvalue weighted by Crippen LogP contribution is -2.34. The first-order valence-electron chi connectivity index (χ1n) is 9.69. The van der Waals surface area contributed by atoms with Crippen LogP contribution in [0.5, 0.6) is 0 Å². The fourth-order valence-corrected chi connectivity index (χ4v) is 4.10. The molecule has 4 rings (SSSR count). The van der Waals surface area contributed by atoms with Crippen molar-refractivity contribution >= 4 is 32.6 Å². The summed E-state index contributed by atoms with van der Waals surface area (Å²) >= 11 is 0. The molecule has 174 valence electrons. The number of fused-ring (bicyclic) bond motifs is 1. The summed E-state index contributed by atoms with van der Waals surface area (Å²) < 4.78 is 70.1. The molecule has 8 nitrogen and oxygen atoms in total. The van der Waals surface area contributed by atoms with Crippen molar-refractivity contribution in [1.82, 2.24) is 9.71 Å². The standard InChI is InChI=1S/C21H18F3N3O5S/c1-33(30,31)25-10-14-11-27(20(29)32-14)13-7-6-12-8-18(26-19(28)16(12)9-13)15-4-2-3-5-17(15)21(22,23)24/h2-9,14,25H,10-11H2,1H3,(H,26,28)/t14-/m0/s1.